The number of benzene rings is 1. The van der Waals surface area contributed by atoms with E-state index < -0.39 is 0 Å². The molecule has 1 saturated heterocycles. The monoisotopic (exact) mass is 370 g/mol. The van der Waals surface area contributed by atoms with E-state index in [1.165, 1.54) is 6.42 Å². The Labute approximate surface area is 158 Å². The minimum absolute atomic E-state index is 0.0877. The van der Waals surface area contributed by atoms with E-state index in [0.29, 0.717) is 23.0 Å². The van der Waals surface area contributed by atoms with Crippen LogP contribution in [0.1, 0.15) is 38.5 Å². The second kappa shape index (κ2) is 7.78. The van der Waals surface area contributed by atoms with Crippen LogP contribution in [0.25, 0.3) is 10.9 Å². The maximum Gasteiger partial charge on any atom is 0.278 e. The van der Waals surface area contributed by atoms with Gasteiger partial charge in [-0.1, -0.05) is 12.8 Å². The van der Waals surface area contributed by atoms with Crippen LogP contribution >= 0.6 is 0 Å². The van der Waals surface area contributed by atoms with E-state index in [2.05, 4.69) is 15.2 Å². The largest absolute Gasteiger partial charge is 0.391 e. The number of likely N-dealkylation sites (tertiary alicyclic amines) is 1. The molecule has 1 aromatic heterocycles. The number of rotatable bonds is 4. The molecule has 1 aromatic carbocycles. The summed E-state index contributed by atoms with van der Waals surface area (Å²) >= 11 is 0. The molecule has 144 valence electrons. The first-order valence-electron chi connectivity index (χ1n) is 9.84. The van der Waals surface area contributed by atoms with Gasteiger partial charge in [-0.25, -0.2) is 0 Å². The van der Waals surface area contributed by atoms with E-state index in [9.17, 15) is 15.2 Å². The second-order valence-electron chi connectivity index (χ2n) is 7.66. The molecule has 0 bridgehead atoms. The Morgan fingerprint density at radius 3 is 2.67 bits per heavy atom. The van der Waals surface area contributed by atoms with E-state index in [-0.39, 0.29) is 16.7 Å². The molecule has 2 atom stereocenters. The van der Waals surface area contributed by atoms with Gasteiger partial charge in [0, 0.05) is 37.4 Å². The molecular weight excluding hydrogens is 344 g/mol. The van der Waals surface area contributed by atoms with Gasteiger partial charge in [0.1, 0.15) is 5.52 Å². The van der Waals surface area contributed by atoms with Gasteiger partial charge in [-0.15, -0.1) is 0 Å². The summed E-state index contributed by atoms with van der Waals surface area (Å²) in [7, 11) is 0. The average molecular weight is 370 g/mol. The molecule has 2 N–H and O–H groups in total. The van der Waals surface area contributed by atoms with Gasteiger partial charge in [0.2, 0.25) is 0 Å². The van der Waals surface area contributed by atoms with Crippen molar-refractivity contribution in [3.05, 3.63) is 40.6 Å². The first-order valence-corrected chi connectivity index (χ1v) is 9.84. The Bertz CT molecular complexity index is 820. The molecule has 1 saturated carbocycles. The van der Waals surface area contributed by atoms with Crippen molar-refractivity contribution in [2.24, 2.45) is 0 Å². The molecule has 2 heterocycles. The Hall–Kier alpha value is -2.25. The first-order chi connectivity index (χ1) is 13.1. The van der Waals surface area contributed by atoms with Crippen molar-refractivity contribution in [2.75, 3.05) is 18.4 Å². The van der Waals surface area contributed by atoms with Crippen LogP contribution in [0.2, 0.25) is 0 Å². The molecular formula is C20H26N4O3. The number of pyridine rings is 1. The molecule has 7 heteroatoms. The molecule has 2 fully saturated rings. The number of nitro benzene ring substituents is 1. The predicted octanol–water partition coefficient (Wildman–Crippen LogP) is 3.32. The number of nitrogens with zero attached hydrogens (tertiary/aromatic N) is 3. The van der Waals surface area contributed by atoms with Gasteiger partial charge in [-0.05, 0) is 43.9 Å². The van der Waals surface area contributed by atoms with Crippen LogP contribution in [0.3, 0.4) is 0 Å². The lowest BCUT2D eigenvalue weighted by Crippen LogP contribution is -2.50. The number of aliphatic hydroxyl groups is 1. The third-order valence-corrected chi connectivity index (χ3v) is 6.00. The fourth-order valence-corrected chi connectivity index (χ4v) is 4.55. The molecule has 0 spiro atoms. The van der Waals surface area contributed by atoms with Crippen molar-refractivity contribution in [3.8, 4) is 0 Å². The number of aromatic nitrogens is 1. The lowest BCUT2D eigenvalue weighted by Gasteiger charge is -2.41. The molecule has 27 heavy (non-hydrogen) atoms. The van der Waals surface area contributed by atoms with Crippen LogP contribution in [-0.2, 0) is 0 Å². The zero-order valence-corrected chi connectivity index (χ0v) is 15.4. The molecule has 0 amide bonds. The number of nitrogens with one attached hydrogen (secondary N) is 1. The van der Waals surface area contributed by atoms with E-state index in [4.69, 9.17) is 0 Å². The molecule has 1 aliphatic heterocycles. The summed E-state index contributed by atoms with van der Waals surface area (Å²) in [5, 5.41) is 25.7. The number of fused-ring (bicyclic) bond motifs is 1. The number of anilines is 1. The van der Waals surface area contributed by atoms with E-state index in [0.717, 1.165) is 50.9 Å². The number of nitro groups is 1. The minimum Gasteiger partial charge on any atom is -0.391 e. The van der Waals surface area contributed by atoms with Crippen molar-refractivity contribution in [1.82, 2.24) is 9.88 Å². The Morgan fingerprint density at radius 2 is 1.93 bits per heavy atom. The van der Waals surface area contributed by atoms with Crippen LogP contribution in [0.15, 0.2) is 30.5 Å². The minimum atomic E-state index is -0.359. The zero-order chi connectivity index (χ0) is 18.8. The fraction of sp³-hybridized carbons (Fsp3) is 0.550. The number of hydrogen-bond acceptors (Lipinski definition) is 6. The highest BCUT2D eigenvalue weighted by Crippen LogP contribution is 2.32. The van der Waals surface area contributed by atoms with Crippen LogP contribution < -0.4 is 5.32 Å². The van der Waals surface area contributed by atoms with Crippen LogP contribution in [0.4, 0.5) is 11.4 Å². The molecule has 2 unspecified atom stereocenters. The summed E-state index contributed by atoms with van der Waals surface area (Å²) in [6.45, 7) is 1.94. The maximum absolute atomic E-state index is 11.3. The lowest BCUT2D eigenvalue weighted by molar-refractivity contribution is -0.383. The summed E-state index contributed by atoms with van der Waals surface area (Å²) < 4.78 is 0. The Morgan fingerprint density at radius 1 is 1.15 bits per heavy atom. The third-order valence-electron chi connectivity index (χ3n) is 6.00. The van der Waals surface area contributed by atoms with Gasteiger partial charge in [-0.3, -0.25) is 20.0 Å². The van der Waals surface area contributed by atoms with Gasteiger partial charge in [-0.2, -0.15) is 0 Å². The third kappa shape index (κ3) is 3.75. The van der Waals surface area contributed by atoms with Crippen molar-refractivity contribution >= 4 is 22.3 Å². The maximum atomic E-state index is 11.3. The van der Waals surface area contributed by atoms with Crippen LogP contribution in [0, 0.1) is 10.1 Å². The van der Waals surface area contributed by atoms with Gasteiger partial charge < -0.3 is 10.4 Å². The van der Waals surface area contributed by atoms with Gasteiger partial charge in [0.05, 0.1) is 22.1 Å². The summed E-state index contributed by atoms with van der Waals surface area (Å²) in [6.07, 6.45) is 7.83. The molecule has 4 rings (SSSR count). The van der Waals surface area contributed by atoms with Crippen LogP contribution in [0.5, 0.6) is 0 Å². The highest BCUT2D eigenvalue weighted by atomic mass is 16.6. The summed E-state index contributed by atoms with van der Waals surface area (Å²) in [4.78, 5) is 17.7. The fourth-order valence-electron chi connectivity index (χ4n) is 4.55. The standard InChI is InChI=1S/C20H26N4O3/c25-19-6-2-1-5-18(19)23-12-9-14(10-13-23)22-16-7-8-17(24(26)27)15-4-3-11-21-20(15)16/h3-4,7-8,11,14,18-19,22,25H,1-2,5-6,9-10,12-13H2. The van der Waals surface area contributed by atoms with Crippen LogP contribution in [-0.4, -0.2) is 51.2 Å². The van der Waals surface area contributed by atoms with Crippen molar-refractivity contribution in [1.29, 1.82) is 0 Å². The SMILES string of the molecule is O=[N+]([O-])c1ccc(NC2CCN(C3CCCCC3O)CC2)c2ncccc12. The van der Waals surface area contributed by atoms with Gasteiger partial charge in [0.25, 0.3) is 5.69 Å². The van der Waals surface area contributed by atoms with Crippen molar-refractivity contribution < 1.29 is 10.0 Å². The zero-order valence-electron chi connectivity index (χ0n) is 15.4. The Balaban J connectivity index is 1.45. The van der Waals surface area contributed by atoms with E-state index in [1.807, 2.05) is 0 Å². The molecule has 2 aromatic rings. The number of aliphatic hydroxyl groups excluding tert-OH is 1. The van der Waals surface area contributed by atoms with Crippen molar-refractivity contribution in [3.63, 3.8) is 0 Å². The van der Waals surface area contributed by atoms with E-state index in [1.54, 1.807) is 30.5 Å². The molecule has 2 aliphatic rings. The highest BCUT2D eigenvalue weighted by Gasteiger charge is 2.31. The normalized spacial score (nSPS) is 24.8. The lowest BCUT2D eigenvalue weighted by atomic mass is 9.89. The topological polar surface area (TPSA) is 91.5 Å². The Kier molecular flexibility index (Phi) is 5.22. The summed E-state index contributed by atoms with van der Waals surface area (Å²) in [5.41, 5.74) is 1.59. The van der Waals surface area contributed by atoms with E-state index >= 15 is 0 Å². The first kappa shape index (κ1) is 18.1. The second-order valence-corrected chi connectivity index (χ2v) is 7.66. The van der Waals surface area contributed by atoms with Crippen molar-refractivity contribution in [2.45, 2.75) is 56.7 Å². The smallest absolute Gasteiger partial charge is 0.278 e. The van der Waals surface area contributed by atoms with Gasteiger partial charge >= 0.3 is 0 Å². The summed E-state index contributed by atoms with van der Waals surface area (Å²) in [5.74, 6) is 0. The quantitative estimate of drug-likeness (QED) is 0.634. The molecule has 0 radical (unpaired) electrons. The highest BCUT2D eigenvalue weighted by molar-refractivity contribution is 5.96. The predicted molar refractivity (Wildman–Crippen MR) is 105 cm³/mol. The molecule has 1 aliphatic carbocycles. The summed E-state index contributed by atoms with van der Waals surface area (Å²) in [6, 6.07) is 7.42. The molecule has 7 nitrogen and oxygen atoms in total. The average Bonchev–Trinajstić information content (AvgIpc) is 2.69. The number of hydrogen-bond donors (Lipinski definition) is 2. The number of piperidine rings is 1. The number of non-ortho nitro benzene ring substituents is 1. The van der Waals surface area contributed by atoms with Gasteiger partial charge in [0.15, 0.2) is 0 Å².